The molecule has 0 aliphatic heterocycles. The van der Waals surface area contributed by atoms with Gasteiger partial charge in [0, 0.05) is 12.5 Å². The normalized spacial score (nSPS) is 12.6. The molecule has 0 saturated heterocycles. The first-order valence-corrected chi connectivity index (χ1v) is 11.8. The third kappa shape index (κ3) is 6.35. The number of esters is 1. The van der Waals surface area contributed by atoms with E-state index in [1.807, 2.05) is 42.5 Å². The van der Waals surface area contributed by atoms with Crippen LogP contribution in [0.25, 0.3) is 10.8 Å². The number of carbonyl (C=O) groups excluding carboxylic acids is 1. The number of fused-ring (bicyclic) bond motifs is 1. The van der Waals surface area contributed by atoms with Crippen LogP contribution in [-0.4, -0.2) is 21.0 Å². The number of unbranched alkanes of at least 4 members (excludes halogenated alkanes) is 1. The predicted molar refractivity (Wildman–Crippen MR) is 119 cm³/mol. The van der Waals surface area contributed by atoms with E-state index in [-0.39, 0.29) is 10.9 Å². The molecule has 31 heavy (non-hydrogen) atoms. The van der Waals surface area contributed by atoms with Gasteiger partial charge in [-0.2, -0.15) is 0 Å². The summed E-state index contributed by atoms with van der Waals surface area (Å²) >= 11 is 0. The molecule has 3 rings (SSSR count). The zero-order chi connectivity index (χ0) is 22.3. The van der Waals surface area contributed by atoms with Crippen molar-refractivity contribution in [1.82, 2.24) is 4.72 Å². The third-order valence-electron chi connectivity index (χ3n) is 5.03. The van der Waals surface area contributed by atoms with Crippen LogP contribution in [0.2, 0.25) is 0 Å². The molecule has 0 amide bonds. The lowest BCUT2D eigenvalue weighted by Gasteiger charge is -2.20. The zero-order valence-corrected chi connectivity index (χ0v) is 18.2. The summed E-state index contributed by atoms with van der Waals surface area (Å²) in [6.07, 6.45) is 2.05. The largest absolute Gasteiger partial charge is 0.466 e. The van der Waals surface area contributed by atoms with Crippen molar-refractivity contribution >= 4 is 26.8 Å². The highest BCUT2D eigenvalue weighted by atomic mass is 32.2. The minimum atomic E-state index is -3.85. The number of carbonyl (C=O) groups is 1. The van der Waals surface area contributed by atoms with Crippen LogP contribution in [-0.2, 0) is 19.6 Å². The molecule has 0 aliphatic carbocycles. The maximum atomic E-state index is 13.2. The third-order valence-corrected chi connectivity index (χ3v) is 6.51. The van der Waals surface area contributed by atoms with Gasteiger partial charge in [0.25, 0.3) is 0 Å². The van der Waals surface area contributed by atoms with Crippen LogP contribution in [0.3, 0.4) is 0 Å². The molecule has 3 aromatic rings. The number of nitrogens with one attached hydrogen (secondary N) is 1. The average Bonchev–Trinajstić information content (AvgIpc) is 2.76. The highest BCUT2D eigenvalue weighted by Gasteiger charge is 2.22. The molecule has 3 aromatic carbocycles. The van der Waals surface area contributed by atoms with E-state index in [0.29, 0.717) is 32.3 Å². The van der Waals surface area contributed by atoms with Gasteiger partial charge in [-0.15, -0.1) is 0 Å². The molecular formula is C24H26FNO4S. The Morgan fingerprint density at radius 3 is 2.42 bits per heavy atom. The Hall–Kier alpha value is -2.77. The van der Waals surface area contributed by atoms with E-state index in [4.69, 9.17) is 4.74 Å². The summed E-state index contributed by atoms with van der Waals surface area (Å²) < 4.78 is 46.7. The van der Waals surface area contributed by atoms with Gasteiger partial charge in [-0.3, -0.25) is 4.79 Å². The van der Waals surface area contributed by atoms with Crippen molar-refractivity contribution in [1.29, 1.82) is 0 Å². The summed E-state index contributed by atoms with van der Waals surface area (Å²) in [5.41, 5.74) is 0.834. The molecule has 1 N–H and O–H groups in total. The lowest BCUT2D eigenvalue weighted by atomic mass is 9.98. The number of sulfonamides is 1. The van der Waals surface area contributed by atoms with Gasteiger partial charge in [0.1, 0.15) is 5.82 Å². The summed E-state index contributed by atoms with van der Waals surface area (Å²) in [4.78, 5) is 11.6. The molecule has 0 aliphatic rings. The fourth-order valence-electron chi connectivity index (χ4n) is 3.44. The topological polar surface area (TPSA) is 72.5 Å². The van der Waals surface area contributed by atoms with Crippen LogP contribution in [0.5, 0.6) is 0 Å². The average molecular weight is 444 g/mol. The van der Waals surface area contributed by atoms with E-state index in [1.165, 1.54) is 12.1 Å². The number of ether oxygens (including phenoxy) is 1. The smallest absolute Gasteiger partial charge is 0.305 e. The Kier molecular flexibility index (Phi) is 7.76. The van der Waals surface area contributed by atoms with E-state index >= 15 is 0 Å². The van der Waals surface area contributed by atoms with Gasteiger partial charge < -0.3 is 4.74 Å². The summed E-state index contributed by atoms with van der Waals surface area (Å²) in [5, 5.41) is 2.08. The summed E-state index contributed by atoms with van der Waals surface area (Å²) in [6.45, 7) is 2.11. The van der Waals surface area contributed by atoms with E-state index in [2.05, 4.69) is 4.72 Å². The highest BCUT2D eigenvalue weighted by molar-refractivity contribution is 7.89. The Labute approximate surface area is 182 Å². The van der Waals surface area contributed by atoms with E-state index in [0.717, 1.165) is 28.5 Å². The molecule has 0 spiro atoms. The van der Waals surface area contributed by atoms with Gasteiger partial charge in [-0.1, -0.05) is 42.8 Å². The molecule has 0 saturated carbocycles. The van der Waals surface area contributed by atoms with Crippen molar-refractivity contribution in [2.75, 3.05) is 6.61 Å². The van der Waals surface area contributed by atoms with Crippen LogP contribution < -0.4 is 4.72 Å². The molecule has 1 unspecified atom stereocenters. The number of halogens is 1. The van der Waals surface area contributed by atoms with Crippen molar-refractivity contribution < 1.29 is 22.3 Å². The lowest BCUT2D eigenvalue weighted by molar-refractivity contribution is -0.143. The molecular weight excluding hydrogens is 417 g/mol. The van der Waals surface area contributed by atoms with Gasteiger partial charge in [-0.25, -0.2) is 17.5 Å². The van der Waals surface area contributed by atoms with Crippen LogP contribution in [0.4, 0.5) is 4.39 Å². The van der Waals surface area contributed by atoms with E-state index < -0.39 is 21.9 Å². The van der Waals surface area contributed by atoms with Gasteiger partial charge in [0.05, 0.1) is 11.5 Å². The first kappa shape index (κ1) is 22.9. The van der Waals surface area contributed by atoms with Crippen molar-refractivity contribution in [3.8, 4) is 0 Å². The summed E-state index contributed by atoms with van der Waals surface area (Å²) in [5.74, 6) is -0.749. The maximum Gasteiger partial charge on any atom is 0.305 e. The Bertz CT molecular complexity index is 1130. The van der Waals surface area contributed by atoms with Gasteiger partial charge in [0.15, 0.2) is 0 Å². The standard InChI is InChI=1S/C24H26FNO4S/c1-2-30-24(27)10-6-5-9-23(20-12-11-18-7-3-4-8-19(18)17-20)26-31(28,29)22-15-13-21(25)14-16-22/h3-4,7-8,11-17,23,26H,2,5-6,9-10H2,1H3. The minimum absolute atomic E-state index is 0.00575. The van der Waals surface area contributed by atoms with Crippen molar-refractivity contribution in [2.24, 2.45) is 0 Å². The quantitative estimate of drug-likeness (QED) is 0.349. The Morgan fingerprint density at radius 1 is 1.00 bits per heavy atom. The second-order valence-corrected chi connectivity index (χ2v) is 9.00. The molecule has 0 bridgehead atoms. The van der Waals surface area contributed by atoms with Crippen molar-refractivity contribution in [3.05, 3.63) is 78.1 Å². The number of benzene rings is 3. The lowest BCUT2D eigenvalue weighted by Crippen LogP contribution is -2.28. The SMILES string of the molecule is CCOC(=O)CCCCC(NS(=O)(=O)c1ccc(F)cc1)c1ccc2ccccc2c1. The zero-order valence-electron chi connectivity index (χ0n) is 17.4. The molecule has 0 radical (unpaired) electrons. The van der Waals surface area contributed by atoms with Crippen molar-refractivity contribution in [3.63, 3.8) is 0 Å². The van der Waals surface area contributed by atoms with E-state index in [1.54, 1.807) is 6.92 Å². The molecule has 164 valence electrons. The number of hydrogen-bond donors (Lipinski definition) is 1. The minimum Gasteiger partial charge on any atom is -0.466 e. The second-order valence-electron chi connectivity index (χ2n) is 7.29. The second kappa shape index (κ2) is 10.5. The maximum absolute atomic E-state index is 13.2. The van der Waals surface area contributed by atoms with E-state index in [9.17, 15) is 17.6 Å². The first-order valence-electron chi connectivity index (χ1n) is 10.3. The van der Waals surface area contributed by atoms with Crippen molar-refractivity contribution in [2.45, 2.75) is 43.5 Å². The highest BCUT2D eigenvalue weighted by Crippen LogP contribution is 2.26. The molecule has 7 heteroatoms. The van der Waals surface area contributed by atoms with Crippen LogP contribution in [0.1, 0.15) is 44.2 Å². The van der Waals surface area contributed by atoms with Crippen LogP contribution >= 0.6 is 0 Å². The fraction of sp³-hybridized carbons (Fsp3) is 0.292. The molecule has 5 nitrogen and oxygen atoms in total. The van der Waals surface area contributed by atoms with Gasteiger partial charge >= 0.3 is 5.97 Å². The number of hydrogen-bond acceptors (Lipinski definition) is 4. The van der Waals surface area contributed by atoms with Gasteiger partial charge in [-0.05, 0) is 66.4 Å². The Balaban J connectivity index is 1.80. The Morgan fingerprint density at radius 2 is 1.71 bits per heavy atom. The fourth-order valence-corrected chi connectivity index (χ4v) is 4.70. The molecule has 0 heterocycles. The number of rotatable bonds is 10. The molecule has 0 aromatic heterocycles. The van der Waals surface area contributed by atoms with Crippen LogP contribution in [0.15, 0.2) is 71.6 Å². The van der Waals surface area contributed by atoms with Gasteiger partial charge in [0.2, 0.25) is 10.0 Å². The molecule has 0 fully saturated rings. The summed E-state index contributed by atoms with van der Waals surface area (Å²) in [6, 6.07) is 18.0. The predicted octanol–water partition coefficient (Wildman–Crippen LogP) is 5.12. The first-order chi connectivity index (χ1) is 14.9. The summed E-state index contributed by atoms with van der Waals surface area (Å²) in [7, 11) is -3.85. The van der Waals surface area contributed by atoms with Crippen LogP contribution in [0, 0.1) is 5.82 Å². The molecule has 1 atom stereocenters. The monoisotopic (exact) mass is 443 g/mol.